The molecular formula is C22H27N7O. The van der Waals surface area contributed by atoms with E-state index in [0.717, 1.165) is 53.8 Å². The maximum Gasteiger partial charge on any atom is 0.321 e. The van der Waals surface area contributed by atoms with Gasteiger partial charge in [0.1, 0.15) is 12.1 Å². The van der Waals surface area contributed by atoms with Crippen LogP contribution in [0, 0.1) is 13.8 Å². The molecular weight excluding hydrogens is 378 g/mol. The van der Waals surface area contributed by atoms with Gasteiger partial charge in [0.05, 0.1) is 5.69 Å². The van der Waals surface area contributed by atoms with Crippen LogP contribution in [0.1, 0.15) is 23.9 Å². The van der Waals surface area contributed by atoms with Gasteiger partial charge in [-0.1, -0.05) is 25.1 Å². The van der Waals surface area contributed by atoms with Crippen molar-refractivity contribution in [2.45, 2.75) is 27.2 Å². The number of carbonyl (C=O) groups excluding carboxylic acids is 1. The number of nitrogens with one attached hydrogen (secondary N) is 1. The molecule has 0 atom stereocenters. The Morgan fingerprint density at radius 3 is 2.47 bits per heavy atom. The summed E-state index contributed by atoms with van der Waals surface area (Å²) in [5, 5.41) is 7.56. The van der Waals surface area contributed by atoms with Crippen molar-refractivity contribution in [2.75, 3.05) is 36.4 Å². The molecule has 1 N–H and O–H groups in total. The fraction of sp³-hybridized carbons (Fsp3) is 0.364. The molecule has 1 fully saturated rings. The van der Waals surface area contributed by atoms with Crippen LogP contribution < -0.4 is 10.2 Å². The number of hydrogen-bond donors (Lipinski definition) is 1. The van der Waals surface area contributed by atoms with Crippen molar-refractivity contribution >= 4 is 17.5 Å². The summed E-state index contributed by atoms with van der Waals surface area (Å²) in [6, 6.07) is 11.9. The highest BCUT2D eigenvalue weighted by molar-refractivity contribution is 5.90. The van der Waals surface area contributed by atoms with Gasteiger partial charge < -0.3 is 15.1 Å². The highest BCUT2D eigenvalue weighted by atomic mass is 16.2. The lowest BCUT2D eigenvalue weighted by Gasteiger charge is -2.35. The summed E-state index contributed by atoms with van der Waals surface area (Å²) in [5.41, 5.74) is 4.02. The molecule has 30 heavy (non-hydrogen) atoms. The predicted octanol–water partition coefficient (Wildman–Crippen LogP) is 3.20. The summed E-state index contributed by atoms with van der Waals surface area (Å²) < 4.78 is 1.83. The number of amides is 2. The number of aryl methyl sites for hydroxylation is 3. The maximum absolute atomic E-state index is 12.7. The van der Waals surface area contributed by atoms with Gasteiger partial charge in [0, 0.05) is 43.6 Å². The van der Waals surface area contributed by atoms with E-state index >= 15 is 0 Å². The second-order valence-corrected chi connectivity index (χ2v) is 7.49. The molecule has 0 aliphatic carbocycles. The Kier molecular flexibility index (Phi) is 5.65. The smallest absolute Gasteiger partial charge is 0.321 e. The van der Waals surface area contributed by atoms with Gasteiger partial charge in [-0.2, -0.15) is 5.10 Å². The molecule has 0 unspecified atom stereocenters. The molecule has 1 aliphatic rings. The SMILES string of the molecule is CCc1ccccc1NC(=O)N1CCN(c2cc(-n3nc(C)cc3C)ncn2)CC1. The lowest BCUT2D eigenvalue weighted by atomic mass is 10.1. The van der Waals surface area contributed by atoms with Gasteiger partial charge in [-0.15, -0.1) is 0 Å². The quantitative estimate of drug-likeness (QED) is 0.721. The third-order valence-corrected chi connectivity index (χ3v) is 5.40. The van der Waals surface area contributed by atoms with Crippen molar-refractivity contribution in [3.8, 4) is 5.82 Å². The topological polar surface area (TPSA) is 79.2 Å². The van der Waals surface area contributed by atoms with E-state index in [2.05, 4.69) is 32.2 Å². The Labute approximate surface area is 176 Å². The Balaban J connectivity index is 1.40. The lowest BCUT2D eigenvalue weighted by Crippen LogP contribution is -2.50. The molecule has 1 aliphatic heterocycles. The largest absolute Gasteiger partial charge is 0.353 e. The molecule has 4 rings (SSSR count). The molecule has 0 bridgehead atoms. The van der Waals surface area contributed by atoms with E-state index in [1.54, 1.807) is 6.33 Å². The van der Waals surface area contributed by atoms with E-state index in [9.17, 15) is 4.79 Å². The van der Waals surface area contributed by atoms with Crippen LogP contribution in [0.5, 0.6) is 0 Å². The predicted molar refractivity (Wildman–Crippen MR) is 117 cm³/mol. The van der Waals surface area contributed by atoms with Crippen LogP contribution >= 0.6 is 0 Å². The Bertz CT molecular complexity index is 1040. The summed E-state index contributed by atoms with van der Waals surface area (Å²) in [6.07, 6.45) is 2.46. The Morgan fingerprint density at radius 2 is 1.77 bits per heavy atom. The van der Waals surface area contributed by atoms with Crippen LogP contribution in [0.15, 0.2) is 42.7 Å². The van der Waals surface area contributed by atoms with E-state index in [1.165, 1.54) is 0 Å². The number of rotatable bonds is 4. The molecule has 1 aromatic carbocycles. The summed E-state index contributed by atoms with van der Waals surface area (Å²) in [5.74, 6) is 1.60. The lowest BCUT2D eigenvalue weighted by molar-refractivity contribution is 0.208. The number of carbonyl (C=O) groups is 1. The highest BCUT2D eigenvalue weighted by Gasteiger charge is 2.23. The van der Waals surface area contributed by atoms with Crippen molar-refractivity contribution in [3.05, 3.63) is 59.7 Å². The van der Waals surface area contributed by atoms with Gasteiger partial charge in [-0.05, 0) is 38.0 Å². The van der Waals surface area contributed by atoms with Crippen LogP contribution in [0.2, 0.25) is 0 Å². The molecule has 3 aromatic rings. The Morgan fingerprint density at radius 1 is 1.03 bits per heavy atom. The number of urea groups is 1. The van der Waals surface area contributed by atoms with Crippen LogP contribution in [0.25, 0.3) is 5.82 Å². The first-order chi connectivity index (χ1) is 14.5. The van der Waals surface area contributed by atoms with Gasteiger partial charge in [-0.25, -0.2) is 19.4 Å². The first-order valence-electron chi connectivity index (χ1n) is 10.3. The molecule has 8 heteroatoms. The zero-order chi connectivity index (χ0) is 21.1. The average Bonchev–Trinajstić information content (AvgIpc) is 3.12. The van der Waals surface area contributed by atoms with E-state index in [4.69, 9.17) is 0 Å². The molecule has 0 spiro atoms. The fourth-order valence-electron chi connectivity index (χ4n) is 3.77. The summed E-state index contributed by atoms with van der Waals surface area (Å²) in [6.45, 7) is 8.78. The van der Waals surface area contributed by atoms with Gasteiger partial charge in [0.25, 0.3) is 0 Å². The second kappa shape index (κ2) is 8.52. The molecule has 156 valence electrons. The first kappa shape index (κ1) is 19.9. The van der Waals surface area contributed by atoms with Gasteiger partial charge >= 0.3 is 6.03 Å². The van der Waals surface area contributed by atoms with Crippen molar-refractivity contribution < 1.29 is 4.79 Å². The molecule has 1 saturated heterocycles. The third kappa shape index (κ3) is 4.12. The zero-order valence-corrected chi connectivity index (χ0v) is 17.7. The molecule has 8 nitrogen and oxygen atoms in total. The monoisotopic (exact) mass is 405 g/mol. The van der Waals surface area contributed by atoms with Crippen LogP contribution in [-0.2, 0) is 6.42 Å². The van der Waals surface area contributed by atoms with Crippen molar-refractivity contribution in [1.82, 2.24) is 24.6 Å². The molecule has 3 heterocycles. The minimum absolute atomic E-state index is 0.0541. The summed E-state index contributed by atoms with van der Waals surface area (Å²) in [4.78, 5) is 25.6. The number of nitrogens with zero attached hydrogens (tertiary/aromatic N) is 6. The van der Waals surface area contributed by atoms with Crippen molar-refractivity contribution in [1.29, 1.82) is 0 Å². The molecule has 2 aromatic heterocycles. The number of anilines is 2. The van der Waals surface area contributed by atoms with E-state index in [-0.39, 0.29) is 6.03 Å². The molecule has 0 radical (unpaired) electrons. The zero-order valence-electron chi connectivity index (χ0n) is 17.7. The fourth-order valence-corrected chi connectivity index (χ4v) is 3.77. The van der Waals surface area contributed by atoms with Crippen molar-refractivity contribution in [2.24, 2.45) is 0 Å². The number of para-hydroxylation sites is 1. The molecule has 0 saturated carbocycles. The van der Waals surface area contributed by atoms with Gasteiger partial charge in [0.15, 0.2) is 5.82 Å². The number of hydrogen-bond acceptors (Lipinski definition) is 5. The van der Waals surface area contributed by atoms with Crippen molar-refractivity contribution in [3.63, 3.8) is 0 Å². The summed E-state index contributed by atoms with van der Waals surface area (Å²) in [7, 11) is 0. The van der Waals surface area contributed by atoms with Crippen LogP contribution in [-0.4, -0.2) is 56.9 Å². The highest BCUT2D eigenvalue weighted by Crippen LogP contribution is 2.19. The van der Waals surface area contributed by atoms with Gasteiger partial charge in [0.2, 0.25) is 0 Å². The maximum atomic E-state index is 12.7. The molecule has 2 amide bonds. The average molecular weight is 406 g/mol. The van der Waals surface area contributed by atoms with Gasteiger partial charge in [-0.3, -0.25) is 0 Å². The minimum Gasteiger partial charge on any atom is -0.353 e. The normalized spacial score (nSPS) is 14.1. The van der Waals surface area contributed by atoms with E-state index in [1.807, 2.05) is 59.8 Å². The van der Waals surface area contributed by atoms with E-state index in [0.29, 0.717) is 13.1 Å². The third-order valence-electron chi connectivity index (χ3n) is 5.40. The minimum atomic E-state index is -0.0541. The number of benzene rings is 1. The van der Waals surface area contributed by atoms with Crippen LogP contribution in [0.3, 0.4) is 0 Å². The van der Waals surface area contributed by atoms with Crippen LogP contribution in [0.4, 0.5) is 16.3 Å². The van der Waals surface area contributed by atoms with E-state index < -0.39 is 0 Å². The second-order valence-electron chi connectivity index (χ2n) is 7.49. The standard InChI is InChI=1S/C22H27N7O/c1-4-18-7-5-6-8-19(18)25-22(30)28-11-9-27(10-12-28)20-14-21(24-15-23-20)29-17(3)13-16(2)26-29/h5-8,13-15H,4,9-12H2,1-3H3,(H,25,30). The Hall–Kier alpha value is -3.42. The number of aromatic nitrogens is 4. The number of piperazine rings is 1. The summed E-state index contributed by atoms with van der Waals surface area (Å²) >= 11 is 0. The first-order valence-corrected chi connectivity index (χ1v) is 10.3.